The molecule has 0 spiro atoms. The van der Waals surface area contributed by atoms with Crippen molar-refractivity contribution in [3.05, 3.63) is 35.5 Å². The van der Waals surface area contributed by atoms with Crippen LogP contribution in [0.5, 0.6) is 0 Å². The van der Waals surface area contributed by atoms with Crippen LogP contribution in [0.15, 0.2) is 24.3 Å². The van der Waals surface area contributed by atoms with Crippen molar-refractivity contribution >= 4 is 10.9 Å². The number of benzene rings is 1. The molecule has 0 radical (unpaired) electrons. The number of nitrogens with one attached hydrogen (secondary N) is 2. The minimum Gasteiger partial charge on any atom is -0.358 e. The zero-order valence-corrected chi connectivity index (χ0v) is 10.2. The molecule has 3 heteroatoms. The van der Waals surface area contributed by atoms with Gasteiger partial charge in [-0.3, -0.25) is 0 Å². The Hall–Kier alpha value is -1.32. The van der Waals surface area contributed by atoms with E-state index in [1.54, 1.807) is 0 Å². The lowest BCUT2D eigenvalue weighted by atomic mass is 10.1. The first-order valence-corrected chi connectivity index (χ1v) is 6.24. The highest BCUT2D eigenvalue weighted by Crippen LogP contribution is 2.31. The second kappa shape index (κ2) is 3.86. The van der Waals surface area contributed by atoms with Gasteiger partial charge in [0.1, 0.15) is 0 Å². The third-order valence-corrected chi connectivity index (χ3v) is 3.70. The summed E-state index contributed by atoms with van der Waals surface area (Å²) in [6, 6.07) is 8.45. The second-order valence-corrected chi connectivity index (χ2v) is 5.24. The molecular weight excluding hydrogens is 210 g/mol. The van der Waals surface area contributed by atoms with E-state index in [9.17, 15) is 0 Å². The molecule has 1 aliphatic carbocycles. The van der Waals surface area contributed by atoms with Gasteiger partial charge >= 0.3 is 0 Å². The monoisotopic (exact) mass is 229 g/mol. The molecule has 1 heterocycles. The highest BCUT2D eigenvalue weighted by Gasteiger charge is 2.37. The number of fused-ring (bicyclic) bond motifs is 1. The Morgan fingerprint density at radius 1 is 1.35 bits per heavy atom. The molecule has 0 amide bonds. The van der Waals surface area contributed by atoms with Gasteiger partial charge in [0, 0.05) is 35.2 Å². The number of hydrogen-bond donors (Lipinski definition) is 3. The predicted octanol–water partition coefficient (Wildman–Crippen LogP) is 2.06. The van der Waals surface area contributed by atoms with E-state index < -0.39 is 0 Å². The van der Waals surface area contributed by atoms with Gasteiger partial charge < -0.3 is 16.0 Å². The van der Waals surface area contributed by atoms with Crippen LogP contribution in [0.3, 0.4) is 0 Å². The lowest BCUT2D eigenvalue weighted by Crippen LogP contribution is -2.35. The maximum Gasteiger partial charge on any atom is 0.0459 e. The lowest BCUT2D eigenvalue weighted by Gasteiger charge is -2.10. The molecule has 4 N–H and O–H groups in total. The maximum atomic E-state index is 6.07. The Bertz CT molecular complexity index is 537. The highest BCUT2D eigenvalue weighted by atomic mass is 15.0. The van der Waals surface area contributed by atoms with Crippen molar-refractivity contribution in [2.45, 2.75) is 31.8 Å². The summed E-state index contributed by atoms with van der Waals surface area (Å²) in [5.74, 6) is 0. The van der Waals surface area contributed by atoms with Crippen molar-refractivity contribution in [1.29, 1.82) is 0 Å². The lowest BCUT2D eigenvalue weighted by molar-refractivity contribution is 0.569. The first-order valence-electron chi connectivity index (χ1n) is 6.24. The number of para-hydroxylation sites is 1. The first kappa shape index (κ1) is 10.8. The van der Waals surface area contributed by atoms with E-state index in [0.717, 1.165) is 25.9 Å². The summed E-state index contributed by atoms with van der Waals surface area (Å²) >= 11 is 0. The minimum atomic E-state index is 0.0833. The summed E-state index contributed by atoms with van der Waals surface area (Å²) in [4.78, 5) is 3.42. The molecule has 0 bridgehead atoms. The summed E-state index contributed by atoms with van der Waals surface area (Å²) in [5.41, 5.74) is 9.98. The van der Waals surface area contributed by atoms with Crippen molar-refractivity contribution in [3.63, 3.8) is 0 Å². The van der Waals surface area contributed by atoms with Gasteiger partial charge in [0.25, 0.3) is 0 Å². The highest BCUT2D eigenvalue weighted by molar-refractivity contribution is 5.84. The zero-order valence-electron chi connectivity index (χ0n) is 10.2. The average Bonchev–Trinajstić information content (AvgIpc) is 2.95. The molecule has 2 aromatic rings. The summed E-state index contributed by atoms with van der Waals surface area (Å²) in [7, 11) is 0. The van der Waals surface area contributed by atoms with Gasteiger partial charge in [0.2, 0.25) is 0 Å². The third-order valence-electron chi connectivity index (χ3n) is 3.70. The fraction of sp³-hybridized carbons (Fsp3) is 0.429. The molecule has 0 unspecified atom stereocenters. The van der Waals surface area contributed by atoms with E-state index in [4.69, 9.17) is 5.73 Å². The quantitative estimate of drug-likeness (QED) is 0.751. The Morgan fingerprint density at radius 2 is 2.12 bits per heavy atom. The number of rotatable bonds is 4. The average molecular weight is 229 g/mol. The van der Waals surface area contributed by atoms with Crippen molar-refractivity contribution in [1.82, 2.24) is 10.3 Å². The van der Waals surface area contributed by atoms with Crippen molar-refractivity contribution in [3.8, 4) is 0 Å². The van der Waals surface area contributed by atoms with Crippen LogP contribution < -0.4 is 11.1 Å². The van der Waals surface area contributed by atoms with E-state index >= 15 is 0 Å². The normalized spacial score (nSPS) is 17.5. The van der Waals surface area contributed by atoms with Crippen LogP contribution in [-0.4, -0.2) is 17.1 Å². The standard InChI is InChI=1S/C14H19N3/c1-10-12(8-16-9-14(15)6-7-14)11-4-2-3-5-13(11)17-10/h2-5,16-17H,6-9,15H2,1H3. The summed E-state index contributed by atoms with van der Waals surface area (Å²) < 4.78 is 0. The minimum absolute atomic E-state index is 0.0833. The Morgan fingerprint density at radius 3 is 2.88 bits per heavy atom. The molecule has 1 aliphatic rings. The topological polar surface area (TPSA) is 53.8 Å². The van der Waals surface area contributed by atoms with Gasteiger partial charge in [-0.15, -0.1) is 0 Å². The van der Waals surface area contributed by atoms with Gasteiger partial charge in [0.05, 0.1) is 0 Å². The van der Waals surface area contributed by atoms with Gasteiger partial charge in [-0.1, -0.05) is 18.2 Å². The van der Waals surface area contributed by atoms with Crippen LogP contribution in [0.25, 0.3) is 10.9 Å². The van der Waals surface area contributed by atoms with Crippen molar-refractivity contribution < 1.29 is 0 Å². The van der Waals surface area contributed by atoms with Crippen molar-refractivity contribution in [2.24, 2.45) is 5.73 Å². The van der Waals surface area contributed by atoms with E-state index in [1.165, 1.54) is 22.2 Å². The van der Waals surface area contributed by atoms with Gasteiger partial charge in [-0.2, -0.15) is 0 Å². The molecule has 0 atom stereocenters. The molecule has 0 saturated heterocycles. The molecule has 1 aromatic carbocycles. The van der Waals surface area contributed by atoms with E-state index in [2.05, 4.69) is 41.5 Å². The maximum absolute atomic E-state index is 6.07. The van der Waals surface area contributed by atoms with Gasteiger partial charge in [-0.25, -0.2) is 0 Å². The first-order chi connectivity index (χ1) is 8.18. The number of aryl methyl sites for hydroxylation is 1. The number of H-pyrrole nitrogens is 1. The Kier molecular flexibility index (Phi) is 2.45. The second-order valence-electron chi connectivity index (χ2n) is 5.24. The number of nitrogens with two attached hydrogens (primary N) is 1. The summed E-state index contributed by atoms with van der Waals surface area (Å²) in [5, 5.41) is 4.80. The Labute approximate surface area is 101 Å². The van der Waals surface area contributed by atoms with Crippen LogP contribution in [0, 0.1) is 6.92 Å². The predicted molar refractivity (Wildman–Crippen MR) is 70.9 cm³/mol. The molecule has 1 saturated carbocycles. The molecular formula is C14H19N3. The largest absolute Gasteiger partial charge is 0.358 e. The number of aromatic nitrogens is 1. The van der Waals surface area contributed by atoms with Crippen LogP contribution >= 0.6 is 0 Å². The molecule has 17 heavy (non-hydrogen) atoms. The zero-order chi connectivity index (χ0) is 11.9. The van der Waals surface area contributed by atoms with Crippen LogP contribution in [0.4, 0.5) is 0 Å². The van der Waals surface area contributed by atoms with Crippen LogP contribution in [-0.2, 0) is 6.54 Å². The van der Waals surface area contributed by atoms with E-state index in [1.807, 2.05) is 0 Å². The third kappa shape index (κ3) is 2.08. The fourth-order valence-corrected chi connectivity index (χ4v) is 2.34. The van der Waals surface area contributed by atoms with E-state index in [-0.39, 0.29) is 5.54 Å². The smallest absolute Gasteiger partial charge is 0.0459 e. The molecule has 90 valence electrons. The summed E-state index contributed by atoms with van der Waals surface area (Å²) in [6.07, 6.45) is 2.32. The van der Waals surface area contributed by atoms with E-state index in [0.29, 0.717) is 0 Å². The number of aromatic amines is 1. The van der Waals surface area contributed by atoms with Gasteiger partial charge in [-0.05, 0) is 31.4 Å². The van der Waals surface area contributed by atoms with Gasteiger partial charge in [0.15, 0.2) is 0 Å². The molecule has 0 aliphatic heterocycles. The summed E-state index contributed by atoms with van der Waals surface area (Å²) in [6.45, 7) is 3.95. The molecule has 1 fully saturated rings. The SMILES string of the molecule is Cc1[nH]c2ccccc2c1CNCC1(N)CC1. The molecule has 3 nitrogen and oxygen atoms in total. The number of hydrogen-bond acceptors (Lipinski definition) is 2. The molecule has 1 aromatic heterocycles. The molecule has 3 rings (SSSR count). The fourth-order valence-electron chi connectivity index (χ4n) is 2.34. The Balaban J connectivity index is 1.77. The van der Waals surface area contributed by atoms with Crippen molar-refractivity contribution in [2.75, 3.05) is 6.54 Å². The van der Waals surface area contributed by atoms with Crippen LogP contribution in [0.1, 0.15) is 24.1 Å². The van der Waals surface area contributed by atoms with Crippen LogP contribution in [0.2, 0.25) is 0 Å².